The van der Waals surface area contributed by atoms with E-state index >= 15 is 0 Å². The van der Waals surface area contributed by atoms with E-state index in [1.54, 1.807) is 35.2 Å². The number of anilines is 1. The van der Waals surface area contributed by atoms with Gasteiger partial charge in [0, 0.05) is 32.0 Å². The summed E-state index contributed by atoms with van der Waals surface area (Å²) in [5.74, 6) is -0.441. The molecule has 6 heteroatoms. The third-order valence-corrected chi connectivity index (χ3v) is 3.05. The van der Waals surface area contributed by atoms with Gasteiger partial charge in [-0.2, -0.15) is 0 Å². The molecule has 1 aromatic rings. The van der Waals surface area contributed by atoms with Gasteiger partial charge in [0.1, 0.15) is 12.2 Å². The maximum Gasteiger partial charge on any atom is 0.325 e. The van der Waals surface area contributed by atoms with Crippen molar-refractivity contribution in [2.45, 2.75) is 13.8 Å². The lowest BCUT2D eigenvalue weighted by Crippen LogP contribution is -2.31. The molecule has 1 aromatic heterocycles. The molecule has 0 spiro atoms. The number of pyridine rings is 1. The van der Waals surface area contributed by atoms with Crippen LogP contribution in [0.2, 0.25) is 0 Å². The number of esters is 1. The normalized spacial score (nSPS) is 10.0. The second-order valence-corrected chi connectivity index (χ2v) is 4.31. The first-order valence-electron chi connectivity index (χ1n) is 6.56. The van der Waals surface area contributed by atoms with Crippen molar-refractivity contribution in [1.82, 2.24) is 9.88 Å². The fraction of sp³-hybridized carbons (Fsp3) is 0.500. The summed E-state index contributed by atoms with van der Waals surface area (Å²) in [5.41, 5.74) is 1.13. The number of carbonyl (C=O) groups excluding carboxylic acids is 2. The molecule has 20 heavy (non-hydrogen) atoms. The first kappa shape index (κ1) is 15.9. The van der Waals surface area contributed by atoms with Crippen LogP contribution in [0, 0.1) is 0 Å². The van der Waals surface area contributed by atoms with Gasteiger partial charge in [0.2, 0.25) is 0 Å². The first-order chi connectivity index (χ1) is 9.53. The number of amides is 1. The molecule has 0 atom stereocenters. The molecule has 1 amide bonds. The van der Waals surface area contributed by atoms with Gasteiger partial charge in [0.05, 0.1) is 7.11 Å². The summed E-state index contributed by atoms with van der Waals surface area (Å²) in [6, 6.07) is 3.44. The van der Waals surface area contributed by atoms with Crippen LogP contribution < -0.4 is 4.90 Å². The Morgan fingerprint density at radius 2 is 1.95 bits per heavy atom. The van der Waals surface area contributed by atoms with Crippen LogP contribution in [0.25, 0.3) is 0 Å². The van der Waals surface area contributed by atoms with E-state index < -0.39 is 0 Å². The molecule has 1 rings (SSSR count). The van der Waals surface area contributed by atoms with Gasteiger partial charge in [-0.1, -0.05) is 0 Å². The van der Waals surface area contributed by atoms with Crippen molar-refractivity contribution < 1.29 is 14.3 Å². The predicted octanol–water partition coefficient (Wildman–Crippen LogP) is 1.17. The van der Waals surface area contributed by atoms with Crippen LogP contribution in [0.4, 0.5) is 5.69 Å². The van der Waals surface area contributed by atoms with Gasteiger partial charge in [-0.05, 0) is 26.0 Å². The lowest BCUT2D eigenvalue weighted by molar-refractivity contribution is -0.138. The van der Waals surface area contributed by atoms with Crippen LogP contribution >= 0.6 is 0 Å². The Bertz CT molecular complexity index is 472. The third-order valence-electron chi connectivity index (χ3n) is 3.05. The minimum absolute atomic E-state index is 0.108. The quantitative estimate of drug-likeness (QED) is 0.732. The highest BCUT2D eigenvalue weighted by Gasteiger charge is 2.15. The van der Waals surface area contributed by atoms with Gasteiger partial charge < -0.3 is 14.5 Å². The molecule has 0 bridgehead atoms. The topological polar surface area (TPSA) is 62.7 Å². The summed E-state index contributed by atoms with van der Waals surface area (Å²) in [5, 5.41) is 0. The lowest BCUT2D eigenvalue weighted by Gasteiger charge is -2.20. The van der Waals surface area contributed by atoms with E-state index in [2.05, 4.69) is 9.72 Å². The van der Waals surface area contributed by atoms with Gasteiger partial charge in [-0.3, -0.25) is 14.6 Å². The molecular formula is C14H21N3O3. The number of hydrogen-bond acceptors (Lipinski definition) is 5. The Labute approximate surface area is 119 Å². The standard InChI is InChI=1S/C14H21N3O3/c1-5-17(6-2)14(19)12-9-11(7-8-15-12)16(3)10-13(18)20-4/h7-9H,5-6,10H2,1-4H3. The van der Waals surface area contributed by atoms with E-state index in [-0.39, 0.29) is 18.4 Å². The summed E-state index contributed by atoms with van der Waals surface area (Å²) >= 11 is 0. The van der Waals surface area contributed by atoms with Gasteiger partial charge in [-0.15, -0.1) is 0 Å². The molecule has 0 aromatic carbocycles. The van der Waals surface area contributed by atoms with Crippen molar-refractivity contribution >= 4 is 17.6 Å². The van der Waals surface area contributed by atoms with Crippen molar-refractivity contribution in [2.75, 3.05) is 38.7 Å². The molecule has 0 unspecified atom stereocenters. The van der Waals surface area contributed by atoms with Crippen LogP contribution in [0.1, 0.15) is 24.3 Å². The van der Waals surface area contributed by atoms with E-state index in [0.29, 0.717) is 18.8 Å². The van der Waals surface area contributed by atoms with Crippen LogP contribution in [0.5, 0.6) is 0 Å². The van der Waals surface area contributed by atoms with Crippen LogP contribution in [0.3, 0.4) is 0 Å². The highest BCUT2D eigenvalue weighted by atomic mass is 16.5. The molecule has 0 saturated carbocycles. The number of methoxy groups -OCH3 is 1. The Kier molecular flexibility index (Phi) is 5.96. The number of nitrogens with zero attached hydrogens (tertiary/aromatic N) is 3. The largest absolute Gasteiger partial charge is 0.468 e. The molecule has 0 fully saturated rings. The number of rotatable bonds is 6. The minimum Gasteiger partial charge on any atom is -0.468 e. The number of hydrogen-bond donors (Lipinski definition) is 0. The lowest BCUT2D eigenvalue weighted by atomic mass is 10.2. The zero-order valence-electron chi connectivity index (χ0n) is 12.4. The van der Waals surface area contributed by atoms with Crippen molar-refractivity contribution in [3.63, 3.8) is 0 Å². The highest BCUT2D eigenvalue weighted by molar-refractivity contribution is 5.93. The van der Waals surface area contributed by atoms with Gasteiger partial charge in [-0.25, -0.2) is 0 Å². The number of carbonyl (C=O) groups is 2. The molecule has 0 aliphatic carbocycles. The number of ether oxygens (including phenoxy) is 1. The molecule has 110 valence electrons. The third kappa shape index (κ3) is 3.94. The SMILES string of the molecule is CCN(CC)C(=O)c1cc(N(C)CC(=O)OC)ccn1. The monoisotopic (exact) mass is 279 g/mol. The van der Waals surface area contributed by atoms with Gasteiger partial charge in [0.15, 0.2) is 0 Å². The van der Waals surface area contributed by atoms with Crippen molar-refractivity contribution in [2.24, 2.45) is 0 Å². The van der Waals surface area contributed by atoms with Crippen LogP contribution in [0.15, 0.2) is 18.3 Å². The number of aromatic nitrogens is 1. The van der Waals surface area contributed by atoms with Crippen LogP contribution in [-0.2, 0) is 9.53 Å². The van der Waals surface area contributed by atoms with Crippen molar-refractivity contribution in [1.29, 1.82) is 0 Å². The van der Waals surface area contributed by atoms with Gasteiger partial charge >= 0.3 is 5.97 Å². The molecule has 0 radical (unpaired) electrons. The summed E-state index contributed by atoms with van der Waals surface area (Å²) in [4.78, 5) is 31.0. The Balaban J connectivity index is 2.90. The summed E-state index contributed by atoms with van der Waals surface area (Å²) in [6.45, 7) is 5.25. The molecule has 1 heterocycles. The van der Waals surface area contributed by atoms with Crippen molar-refractivity contribution in [3.05, 3.63) is 24.0 Å². The summed E-state index contributed by atoms with van der Waals surface area (Å²) < 4.78 is 4.62. The molecular weight excluding hydrogens is 258 g/mol. The highest BCUT2D eigenvalue weighted by Crippen LogP contribution is 2.14. The number of likely N-dealkylation sites (N-methyl/N-ethyl adjacent to an activating group) is 1. The van der Waals surface area contributed by atoms with Crippen molar-refractivity contribution in [3.8, 4) is 0 Å². The zero-order chi connectivity index (χ0) is 15.1. The Morgan fingerprint density at radius 3 is 2.50 bits per heavy atom. The van der Waals surface area contributed by atoms with E-state index in [0.717, 1.165) is 5.69 Å². The second kappa shape index (κ2) is 7.47. The molecule has 6 nitrogen and oxygen atoms in total. The zero-order valence-corrected chi connectivity index (χ0v) is 12.4. The average molecular weight is 279 g/mol. The fourth-order valence-electron chi connectivity index (χ4n) is 1.80. The first-order valence-corrected chi connectivity index (χ1v) is 6.56. The molecule has 0 saturated heterocycles. The minimum atomic E-state index is -0.332. The maximum atomic E-state index is 12.2. The fourth-order valence-corrected chi connectivity index (χ4v) is 1.80. The van der Waals surface area contributed by atoms with Crippen LogP contribution in [-0.4, -0.2) is 55.6 Å². The van der Waals surface area contributed by atoms with Gasteiger partial charge in [0.25, 0.3) is 5.91 Å². The smallest absolute Gasteiger partial charge is 0.325 e. The summed E-state index contributed by atoms with van der Waals surface area (Å²) in [7, 11) is 3.11. The van der Waals surface area contributed by atoms with E-state index in [1.165, 1.54) is 7.11 Å². The second-order valence-electron chi connectivity index (χ2n) is 4.31. The van der Waals surface area contributed by atoms with E-state index in [9.17, 15) is 9.59 Å². The average Bonchev–Trinajstić information content (AvgIpc) is 2.48. The molecule has 0 aliphatic rings. The molecule has 0 N–H and O–H groups in total. The maximum absolute atomic E-state index is 12.2. The van der Waals surface area contributed by atoms with E-state index in [1.807, 2.05) is 13.8 Å². The predicted molar refractivity (Wildman–Crippen MR) is 76.8 cm³/mol. The van der Waals surface area contributed by atoms with E-state index in [4.69, 9.17) is 0 Å². The Hall–Kier alpha value is -2.11. The summed E-state index contributed by atoms with van der Waals surface area (Å²) in [6.07, 6.45) is 1.57. The Morgan fingerprint density at radius 1 is 1.30 bits per heavy atom. The molecule has 0 aliphatic heterocycles.